The van der Waals surface area contributed by atoms with Crippen LogP contribution in [-0.2, 0) is 40.0 Å². The number of alkyl halides is 1. The molecular formula is C63H70ClN11O16. The van der Waals surface area contributed by atoms with E-state index in [1.54, 1.807) is 79.4 Å². The van der Waals surface area contributed by atoms with Gasteiger partial charge in [-0.15, -0.1) is 11.6 Å². The molecule has 4 heterocycles. The first-order valence-corrected chi connectivity index (χ1v) is 29.6. The van der Waals surface area contributed by atoms with E-state index in [1.807, 2.05) is 0 Å². The van der Waals surface area contributed by atoms with E-state index in [2.05, 4.69) is 31.2 Å². The second kappa shape index (κ2) is 30.8. The number of aromatic nitrogens is 2. The number of phenols is 1. The zero-order chi connectivity index (χ0) is 65.5. The minimum atomic E-state index is -1.03. The number of likely N-dealkylation sites (N-methyl/N-ethyl adjacent to an activating group) is 2. The second-order valence-corrected chi connectivity index (χ2v) is 22.1. The Bertz CT molecular complexity index is 3730. The summed E-state index contributed by atoms with van der Waals surface area (Å²) in [5.74, 6) is -3.59. The zero-order valence-corrected chi connectivity index (χ0v) is 51.3. The molecule has 8 rings (SSSR count). The summed E-state index contributed by atoms with van der Waals surface area (Å²) in [6.07, 6.45) is 1.59. The maximum Gasteiger partial charge on any atom is 0.415 e. The van der Waals surface area contributed by atoms with Crippen LogP contribution in [0.15, 0.2) is 103 Å². The molecule has 2 aliphatic heterocycles. The number of alkyl carbamates (subject to hydrolysis) is 1. The van der Waals surface area contributed by atoms with Crippen LogP contribution >= 0.6 is 11.6 Å². The number of benzene rings is 4. The van der Waals surface area contributed by atoms with Gasteiger partial charge in [-0.2, -0.15) is 0 Å². The van der Waals surface area contributed by atoms with Gasteiger partial charge < -0.3 is 75.5 Å². The number of nitrogens with two attached hydrogens (primary N) is 1. The maximum atomic E-state index is 14.5. The van der Waals surface area contributed by atoms with Crippen molar-refractivity contribution in [3.63, 3.8) is 0 Å². The van der Waals surface area contributed by atoms with Gasteiger partial charge in [0, 0.05) is 110 Å². The maximum absolute atomic E-state index is 14.5. The number of imide groups is 1. The summed E-state index contributed by atoms with van der Waals surface area (Å²) in [5.41, 5.74) is 8.60. The number of rotatable bonds is 28. The summed E-state index contributed by atoms with van der Waals surface area (Å²) < 4.78 is 28.0. The molecule has 91 heavy (non-hydrogen) atoms. The van der Waals surface area contributed by atoms with Crippen molar-refractivity contribution in [3.05, 3.63) is 126 Å². The Hall–Kier alpha value is -10.3. The Morgan fingerprint density at radius 3 is 2.24 bits per heavy atom. The number of ether oxygens (including phenoxy) is 5. The van der Waals surface area contributed by atoms with Gasteiger partial charge in [-0.05, 0) is 84.5 Å². The highest BCUT2D eigenvalue weighted by molar-refractivity contribution is 6.20. The Morgan fingerprint density at radius 2 is 1.56 bits per heavy atom. The van der Waals surface area contributed by atoms with Gasteiger partial charge in [-0.1, -0.05) is 38.1 Å². The van der Waals surface area contributed by atoms with Crippen LogP contribution in [0.2, 0.25) is 0 Å². The molecule has 4 aromatic carbocycles. The highest BCUT2D eigenvalue weighted by Gasteiger charge is 2.38. The summed E-state index contributed by atoms with van der Waals surface area (Å²) >= 11 is 6.61. The van der Waals surface area contributed by atoms with Gasteiger partial charge in [-0.3, -0.25) is 33.7 Å². The van der Waals surface area contributed by atoms with E-state index in [-0.39, 0.29) is 101 Å². The van der Waals surface area contributed by atoms with Gasteiger partial charge >= 0.3 is 24.3 Å². The third-order valence-corrected chi connectivity index (χ3v) is 15.4. The van der Waals surface area contributed by atoms with Gasteiger partial charge in [0.15, 0.2) is 5.78 Å². The average molecular weight is 1270 g/mol. The van der Waals surface area contributed by atoms with E-state index in [1.165, 1.54) is 61.5 Å². The highest BCUT2D eigenvalue weighted by Crippen LogP contribution is 2.49. The lowest BCUT2D eigenvalue weighted by Gasteiger charge is -2.24. The molecule has 28 heteroatoms. The lowest BCUT2D eigenvalue weighted by atomic mass is 9.89. The van der Waals surface area contributed by atoms with Crippen LogP contribution in [0.1, 0.15) is 71.0 Å². The first-order valence-electron chi connectivity index (χ1n) is 29.0. The van der Waals surface area contributed by atoms with Crippen LogP contribution in [0.4, 0.5) is 36.2 Å². The van der Waals surface area contributed by atoms with Crippen molar-refractivity contribution in [1.82, 2.24) is 35.3 Å². The molecule has 0 spiro atoms. The number of nitrogens with one attached hydrogen (secondary N) is 5. The third-order valence-electron chi connectivity index (χ3n) is 15.1. The van der Waals surface area contributed by atoms with Crippen LogP contribution in [0.3, 0.4) is 0 Å². The van der Waals surface area contributed by atoms with Crippen LogP contribution < -0.4 is 41.4 Å². The number of phenolic OH excluding ortho intramolecular Hbond substituents is 1. The minimum Gasteiger partial charge on any atom is -0.508 e. The molecule has 6 aromatic rings. The predicted octanol–water partition coefficient (Wildman–Crippen LogP) is 7.02. The predicted molar refractivity (Wildman–Crippen MR) is 334 cm³/mol. The standard InChI is InChI=1S/C63H70ClN11O16/c1-36(2)55(71-61(84)89-27-26-88-25-24-74-51(78)19-20-52(74)79)48(77)30-39(8-7-21-66-60(65)83)58(81)68-42-15-11-37(12-16-42)35-90-62(85)72(3)22-23-73(4)63(86)91-50-31-47-53(54-45(50)9-6-10-49(54)87-5)41(32-64)34-75(47)59(82)46-29-40-28-43(33-67-56(40)70-46)69-57(80)38-13-17-44(76)18-14-38/h6,9-20,28-29,31,33,36,39,41,55,76H,7-8,21-27,30,32,34-35H2,1-5H3,(H,67,70)(H,68,81)(H,69,80)(H,71,84)(H3,65,66,83)/t39-,41-,55+/m1/s1. The SMILES string of the molecule is COc1cccc2c(OC(=O)N(C)CCN(C)C(=O)OCc3ccc(NC(=O)[C@H](CCCNC(N)=O)CC(=O)[C@@H](NC(=O)OCCOCCN4C(=O)C=CC4=O)C(C)C)cc3)cc3c(c12)[C@H](CCl)CN3C(=O)c1cc2cc(NC(=O)c3ccc(O)cc3)cnc2[nH]1. The highest BCUT2D eigenvalue weighted by atomic mass is 35.5. The first-order chi connectivity index (χ1) is 43.6. The lowest BCUT2D eigenvalue weighted by molar-refractivity contribution is -0.137. The number of aromatic amines is 1. The summed E-state index contributed by atoms with van der Waals surface area (Å²) in [6.45, 7) is 3.47. The van der Waals surface area contributed by atoms with E-state index in [0.29, 0.717) is 62.2 Å². The van der Waals surface area contributed by atoms with Crippen molar-refractivity contribution < 1.29 is 76.7 Å². The molecule has 0 unspecified atom stereocenters. The fraction of sp³-hybridized carbons (Fsp3) is 0.349. The van der Waals surface area contributed by atoms with Crippen LogP contribution in [0, 0.1) is 11.8 Å². The van der Waals surface area contributed by atoms with Crippen molar-refractivity contribution in [2.24, 2.45) is 17.6 Å². The zero-order valence-electron chi connectivity index (χ0n) is 50.6. The Labute approximate surface area is 527 Å². The van der Waals surface area contributed by atoms with E-state index in [4.69, 9.17) is 41.0 Å². The molecule has 0 saturated heterocycles. The number of pyridine rings is 1. The van der Waals surface area contributed by atoms with Gasteiger partial charge in [0.1, 0.15) is 41.8 Å². The second-order valence-electron chi connectivity index (χ2n) is 21.8. The Balaban J connectivity index is 0.834. The number of primary amides is 1. The molecule has 0 aliphatic carbocycles. The molecule has 27 nitrogen and oxygen atoms in total. The molecule has 0 radical (unpaired) electrons. The number of ketones is 1. The summed E-state index contributed by atoms with van der Waals surface area (Å²) in [4.78, 5) is 142. The lowest BCUT2D eigenvalue weighted by Crippen LogP contribution is -2.46. The molecule has 0 fully saturated rings. The first kappa shape index (κ1) is 66.7. The number of carbonyl (C=O) groups is 10. The number of halogens is 1. The minimum absolute atomic E-state index is 0.0158. The van der Waals surface area contributed by atoms with E-state index >= 15 is 0 Å². The molecule has 480 valence electrons. The molecule has 2 aromatic heterocycles. The monoisotopic (exact) mass is 1270 g/mol. The number of methoxy groups -OCH3 is 1. The molecule has 10 amide bonds. The Kier molecular flexibility index (Phi) is 22.5. The third kappa shape index (κ3) is 17.1. The van der Waals surface area contributed by atoms with E-state index in [9.17, 15) is 53.1 Å². The number of Topliss-reactive ketones (excluding diaryl/α,β-unsaturated/α-hetero) is 1. The van der Waals surface area contributed by atoms with E-state index < -0.39 is 77.5 Å². The Morgan fingerprint density at radius 1 is 0.846 bits per heavy atom. The topological polar surface area (TPSA) is 353 Å². The number of hydrogen-bond acceptors (Lipinski definition) is 17. The van der Waals surface area contributed by atoms with E-state index in [0.717, 1.165) is 22.6 Å². The van der Waals surface area contributed by atoms with Crippen LogP contribution in [0.25, 0.3) is 21.8 Å². The average Bonchev–Trinajstić information content (AvgIpc) is 1.66. The number of nitrogens with zero attached hydrogens (tertiary/aromatic N) is 5. The normalized spacial score (nSPS) is 14.0. The number of anilines is 3. The van der Waals surface area contributed by atoms with Gasteiger partial charge in [0.05, 0.1) is 50.5 Å². The van der Waals surface area contributed by atoms with Gasteiger partial charge in [-0.25, -0.2) is 24.2 Å². The van der Waals surface area contributed by atoms with Gasteiger partial charge in [0.2, 0.25) is 5.91 Å². The number of amides is 10. The largest absolute Gasteiger partial charge is 0.508 e. The summed E-state index contributed by atoms with van der Waals surface area (Å²) in [5, 5.41) is 21.9. The number of hydrogen-bond donors (Lipinski definition) is 7. The number of fused-ring (bicyclic) bond motifs is 4. The number of urea groups is 1. The van der Waals surface area contributed by atoms with Gasteiger partial charge in [0.25, 0.3) is 23.6 Å². The molecule has 2 aliphatic rings. The van der Waals surface area contributed by atoms with Crippen molar-refractivity contribution in [3.8, 4) is 17.2 Å². The number of H-pyrrole nitrogens is 1. The molecular weight excluding hydrogens is 1200 g/mol. The van der Waals surface area contributed by atoms with Crippen LogP contribution in [0.5, 0.6) is 17.2 Å². The van der Waals surface area contributed by atoms with Crippen molar-refractivity contribution >= 4 is 110 Å². The molecule has 0 bridgehead atoms. The van der Waals surface area contributed by atoms with Crippen molar-refractivity contribution in [1.29, 1.82) is 0 Å². The fourth-order valence-corrected chi connectivity index (χ4v) is 10.4. The molecule has 8 N–H and O–H groups in total. The quantitative estimate of drug-likeness (QED) is 0.0147. The van der Waals surface area contributed by atoms with Crippen LogP contribution in [-0.4, -0.2) is 175 Å². The summed E-state index contributed by atoms with van der Waals surface area (Å²) in [7, 11) is 4.51. The number of carbonyl (C=O) groups excluding carboxylic acids is 10. The van der Waals surface area contributed by atoms with Crippen molar-refractivity contribution in [2.75, 3.05) is 95.2 Å². The molecule has 0 saturated carbocycles. The number of aromatic hydroxyl groups is 1. The molecule has 3 atom stereocenters. The smallest absolute Gasteiger partial charge is 0.415 e. The summed E-state index contributed by atoms with van der Waals surface area (Å²) in [6, 6.07) is 20.6. The fourth-order valence-electron chi connectivity index (χ4n) is 10.2. The van der Waals surface area contributed by atoms with Crippen molar-refractivity contribution in [2.45, 2.75) is 51.7 Å².